The van der Waals surface area contributed by atoms with Gasteiger partial charge in [-0.25, -0.2) is 4.98 Å². The van der Waals surface area contributed by atoms with Crippen LogP contribution in [-0.2, 0) is 6.54 Å². The molecule has 0 radical (unpaired) electrons. The predicted octanol–water partition coefficient (Wildman–Crippen LogP) is 4.35. The van der Waals surface area contributed by atoms with Gasteiger partial charge in [0.1, 0.15) is 5.82 Å². The molecule has 1 amide bonds. The van der Waals surface area contributed by atoms with Crippen molar-refractivity contribution >= 4 is 28.3 Å². The molecule has 1 fully saturated rings. The normalized spacial score (nSPS) is 15.0. The van der Waals surface area contributed by atoms with Crippen LogP contribution in [0, 0.1) is 6.92 Å². The van der Waals surface area contributed by atoms with Crippen molar-refractivity contribution in [1.29, 1.82) is 0 Å². The smallest absolute Gasteiger partial charge is 0.254 e. The first kappa shape index (κ1) is 19.0. The van der Waals surface area contributed by atoms with Crippen LogP contribution in [-0.4, -0.2) is 51.4 Å². The highest BCUT2D eigenvalue weighted by molar-refractivity contribution is 7.07. The summed E-state index contributed by atoms with van der Waals surface area (Å²) >= 11 is 1.73. The van der Waals surface area contributed by atoms with Crippen molar-refractivity contribution < 1.29 is 4.79 Å². The van der Waals surface area contributed by atoms with Gasteiger partial charge in [0.05, 0.1) is 11.0 Å². The minimum atomic E-state index is 0.0963. The number of hydrogen-bond donors (Lipinski definition) is 0. The number of thiophene rings is 1. The zero-order valence-corrected chi connectivity index (χ0v) is 17.8. The summed E-state index contributed by atoms with van der Waals surface area (Å²) in [5.41, 5.74) is 5.04. The Morgan fingerprint density at radius 2 is 1.83 bits per heavy atom. The van der Waals surface area contributed by atoms with E-state index in [1.165, 1.54) is 5.56 Å². The molecule has 1 aliphatic rings. The molecule has 5 nitrogen and oxygen atoms in total. The van der Waals surface area contributed by atoms with E-state index in [0.29, 0.717) is 5.56 Å². The first-order valence-corrected chi connectivity index (χ1v) is 11.2. The predicted molar refractivity (Wildman–Crippen MR) is 121 cm³/mol. The number of aromatic nitrogens is 2. The number of fused-ring (bicyclic) bond motifs is 1. The number of nitrogens with zero attached hydrogens (tertiary/aromatic N) is 4. The Hall–Kier alpha value is -2.96. The van der Waals surface area contributed by atoms with E-state index >= 15 is 0 Å². The fourth-order valence-electron chi connectivity index (χ4n) is 4.17. The van der Waals surface area contributed by atoms with Gasteiger partial charge in [-0.3, -0.25) is 14.3 Å². The van der Waals surface area contributed by atoms with Crippen LogP contribution in [0.1, 0.15) is 21.7 Å². The second-order valence-corrected chi connectivity index (χ2v) is 8.51. The van der Waals surface area contributed by atoms with Gasteiger partial charge >= 0.3 is 0 Å². The van der Waals surface area contributed by atoms with Gasteiger partial charge < -0.3 is 4.90 Å². The van der Waals surface area contributed by atoms with Gasteiger partial charge in [0, 0.05) is 44.0 Å². The SMILES string of the molecule is Cc1nc2cc(C(=O)N3CCN(Cc4ccsc4)CC3)ccc2n1-c1ccccc1. The van der Waals surface area contributed by atoms with Crippen molar-refractivity contribution in [1.82, 2.24) is 19.4 Å². The van der Waals surface area contributed by atoms with Gasteiger partial charge in [-0.1, -0.05) is 18.2 Å². The second-order valence-electron chi connectivity index (χ2n) is 7.73. The molecule has 6 heteroatoms. The number of carbonyl (C=O) groups excluding carboxylic acids is 1. The Kier molecular flexibility index (Phi) is 5.11. The average Bonchev–Trinajstić information content (AvgIpc) is 3.40. The fourth-order valence-corrected chi connectivity index (χ4v) is 4.83. The zero-order valence-electron chi connectivity index (χ0n) is 17.0. The lowest BCUT2D eigenvalue weighted by molar-refractivity contribution is 0.0629. The number of hydrogen-bond acceptors (Lipinski definition) is 4. The maximum atomic E-state index is 13.1. The number of imidazole rings is 1. The van der Waals surface area contributed by atoms with Crippen molar-refractivity contribution in [3.05, 3.63) is 82.3 Å². The van der Waals surface area contributed by atoms with Gasteiger partial charge in [0.25, 0.3) is 5.91 Å². The van der Waals surface area contributed by atoms with E-state index < -0.39 is 0 Å². The number of carbonyl (C=O) groups is 1. The van der Waals surface area contributed by atoms with Crippen molar-refractivity contribution in [2.75, 3.05) is 26.2 Å². The van der Waals surface area contributed by atoms with Gasteiger partial charge in [-0.15, -0.1) is 0 Å². The Morgan fingerprint density at radius 3 is 2.57 bits per heavy atom. The van der Waals surface area contributed by atoms with E-state index in [-0.39, 0.29) is 5.91 Å². The summed E-state index contributed by atoms with van der Waals surface area (Å²) in [6.07, 6.45) is 0. The highest BCUT2D eigenvalue weighted by Crippen LogP contribution is 2.23. The third kappa shape index (κ3) is 3.64. The average molecular weight is 417 g/mol. The van der Waals surface area contributed by atoms with E-state index in [1.807, 2.05) is 48.2 Å². The van der Waals surface area contributed by atoms with Crippen molar-refractivity contribution in [3.8, 4) is 5.69 Å². The van der Waals surface area contributed by atoms with E-state index in [2.05, 4.69) is 38.4 Å². The molecule has 4 aromatic rings. The zero-order chi connectivity index (χ0) is 20.5. The maximum absolute atomic E-state index is 13.1. The molecule has 0 aliphatic carbocycles. The minimum Gasteiger partial charge on any atom is -0.336 e. The van der Waals surface area contributed by atoms with Crippen LogP contribution < -0.4 is 0 Å². The summed E-state index contributed by atoms with van der Waals surface area (Å²) in [5, 5.41) is 4.31. The maximum Gasteiger partial charge on any atom is 0.254 e. The van der Waals surface area contributed by atoms with Crippen LogP contribution in [0.2, 0.25) is 0 Å². The highest BCUT2D eigenvalue weighted by Gasteiger charge is 2.23. The highest BCUT2D eigenvalue weighted by atomic mass is 32.1. The van der Waals surface area contributed by atoms with Crippen molar-refractivity contribution in [2.24, 2.45) is 0 Å². The molecule has 5 rings (SSSR count). The van der Waals surface area contributed by atoms with Gasteiger partial charge in [-0.05, 0) is 59.6 Å². The lowest BCUT2D eigenvalue weighted by Gasteiger charge is -2.34. The molecule has 0 saturated carbocycles. The molecule has 1 aliphatic heterocycles. The quantitative estimate of drug-likeness (QED) is 0.497. The standard InChI is InChI=1S/C24H24N4OS/c1-18-25-22-15-20(7-8-23(22)28(18)21-5-3-2-4-6-21)24(29)27-12-10-26(11-13-27)16-19-9-14-30-17-19/h2-9,14-15,17H,10-13,16H2,1H3. The first-order valence-electron chi connectivity index (χ1n) is 10.3. The van der Waals surface area contributed by atoms with Gasteiger partial charge in [-0.2, -0.15) is 11.3 Å². The second kappa shape index (κ2) is 8.05. The first-order chi connectivity index (χ1) is 14.7. The monoisotopic (exact) mass is 416 g/mol. The van der Waals surface area contributed by atoms with E-state index in [1.54, 1.807) is 11.3 Å². The van der Waals surface area contributed by atoms with E-state index in [4.69, 9.17) is 4.98 Å². The third-order valence-corrected chi connectivity index (χ3v) is 6.46. The van der Waals surface area contributed by atoms with Crippen molar-refractivity contribution in [2.45, 2.75) is 13.5 Å². The molecule has 0 atom stereocenters. The summed E-state index contributed by atoms with van der Waals surface area (Å²) in [5.74, 6) is 1.02. The van der Waals surface area contributed by atoms with Crippen LogP contribution in [0.25, 0.3) is 16.7 Å². The molecule has 0 bridgehead atoms. The van der Waals surface area contributed by atoms with Gasteiger partial charge in [0.2, 0.25) is 0 Å². The van der Waals surface area contributed by atoms with E-state index in [0.717, 1.165) is 55.3 Å². The summed E-state index contributed by atoms with van der Waals surface area (Å²) in [4.78, 5) is 22.2. The summed E-state index contributed by atoms with van der Waals surface area (Å²) in [7, 11) is 0. The van der Waals surface area contributed by atoms with Crippen molar-refractivity contribution in [3.63, 3.8) is 0 Å². The largest absolute Gasteiger partial charge is 0.336 e. The lowest BCUT2D eigenvalue weighted by Crippen LogP contribution is -2.48. The van der Waals surface area contributed by atoms with Gasteiger partial charge in [0.15, 0.2) is 0 Å². The van der Waals surface area contributed by atoms with Crippen LogP contribution >= 0.6 is 11.3 Å². The molecule has 2 aromatic heterocycles. The molecule has 30 heavy (non-hydrogen) atoms. The van der Waals surface area contributed by atoms with E-state index in [9.17, 15) is 4.79 Å². The number of aryl methyl sites for hydroxylation is 1. The number of amides is 1. The number of para-hydroxylation sites is 1. The summed E-state index contributed by atoms with van der Waals surface area (Å²) < 4.78 is 2.13. The molecule has 2 aromatic carbocycles. The minimum absolute atomic E-state index is 0.0963. The molecule has 1 saturated heterocycles. The Balaban J connectivity index is 1.32. The lowest BCUT2D eigenvalue weighted by atomic mass is 10.1. The Bertz CT molecular complexity index is 1160. The fraction of sp³-hybridized carbons (Fsp3) is 0.250. The molecule has 0 N–H and O–H groups in total. The summed E-state index contributed by atoms with van der Waals surface area (Å²) in [6.45, 7) is 6.31. The topological polar surface area (TPSA) is 41.4 Å². The molecule has 0 unspecified atom stereocenters. The summed E-state index contributed by atoms with van der Waals surface area (Å²) in [6, 6.07) is 18.3. The van der Waals surface area contributed by atoms with Crippen LogP contribution in [0.3, 0.4) is 0 Å². The number of rotatable bonds is 4. The number of piperazine rings is 1. The molecule has 3 heterocycles. The molecule has 152 valence electrons. The van der Waals surface area contributed by atoms with Crippen LogP contribution in [0.15, 0.2) is 65.4 Å². The number of benzene rings is 2. The Morgan fingerprint density at radius 1 is 1.03 bits per heavy atom. The van der Waals surface area contributed by atoms with Crippen LogP contribution in [0.5, 0.6) is 0 Å². The molecular formula is C24H24N4OS. The van der Waals surface area contributed by atoms with Crippen LogP contribution in [0.4, 0.5) is 0 Å². The molecular weight excluding hydrogens is 392 g/mol. The Labute approximate surface area is 180 Å². The third-order valence-electron chi connectivity index (χ3n) is 5.73. The molecule has 0 spiro atoms.